The summed E-state index contributed by atoms with van der Waals surface area (Å²) < 4.78 is 118. The predicted octanol–water partition coefficient (Wildman–Crippen LogP) is 5.41. The van der Waals surface area contributed by atoms with Crippen LogP contribution in [0.1, 0.15) is 41.6 Å². The van der Waals surface area contributed by atoms with E-state index in [0.29, 0.717) is 12.8 Å². The fourth-order valence-corrected chi connectivity index (χ4v) is 4.33. The lowest BCUT2D eigenvalue weighted by atomic mass is 9.84. The lowest BCUT2D eigenvalue weighted by Gasteiger charge is -2.44. The number of ether oxygens (including phenoxy) is 1. The van der Waals surface area contributed by atoms with Crippen LogP contribution in [0.5, 0.6) is 0 Å². The van der Waals surface area contributed by atoms with Crippen LogP contribution in [0.4, 0.5) is 44.3 Å². The molecule has 0 unspecified atom stereocenters. The second-order valence-electron chi connectivity index (χ2n) is 8.19. The van der Waals surface area contributed by atoms with Crippen molar-refractivity contribution < 1.29 is 53.8 Å². The molecule has 2 saturated heterocycles. The first-order valence-corrected chi connectivity index (χ1v) is 10.1. The number of amides is 2. The molecule has 0 radical (unpaired) electrons. The zero-order valence-corrected chi connectivity index (χ0v) is 17.4. The van der Waals surface area contributed by atoms with Gasteiger partial charge in [-0.1, -0.05) is 0 Å². The number of halogens is 9. The molecular formula is C20H19F9N2O3. The van der Waals surface area contributed by atoms with Gasteiger partial charge in [0, 0.05) is 30.7 Å². The molecule has 5 nitrogen and oxygen atoms in total. The van der Waals surface area contributed by atoms with Crippen LogP contribution in [0.2, 0.25) is 0 Å². The number of benzene rings is 1. The van der Waals surface area contributed by atoms with Gasteiger partial charge >= 0.3 is 24.6 Å². The summed E-state index contributed by atoms with van der Waals surface area (Å²) >= 11 is 0. The topological polar surface area (TPSA) is 49.9 Å². The van der Waals surface area contributed by atoms with Gasteiger partial charge in [-0.15, -0.1) is 0 Å². The Kier molecular flexibility index (Phi) is 6.74. The van der Waals surface area contributed by atoms with Gasteiger partial charge in [0.15, 0.2) is 0 Å². The van der Waals surface area contributed by atoms with Crippen LogP contribution in [0.25, 0.3) is 0 Å². The highest BCUT2D eigenvalue weighted by Crippen LogP contribution is 2.41. The lowest BCUT2D eigenvalue weighted by molar-refractivity contribution is -0.308. The SMILES string of the molecule is O=C(OC(C(F)(F)F)C(F)(F)F)N1CCC2(CCCN2C(=O)c2ccc(C(F)(F)F)cc2)CC1. The minimum Gasteiger partial charge on any atom is -0.426 e. The first-order valence-electron chi connectivity index (χ1n) is 10.1. The third kappa shape index (κ3) is 5.35. The van der Waals surface area contributed by atoms with Crippen molar-refractivity contribution in [2.24, 2.45) is 0 Å². The van der Waals surface area contributed by atoms with Gasteiger partial charge in [-0.3, -0.25) is 4.79 Å². The van der Waals surface area contributed by atoms with Crippen molar-refractivity contribution in [1.29, 1.82) is 0 Å². The van der Waals surface area contributed by atoms with Crippen molar-refractivity contribution in [1.82, 2.24) is 9.80 Å². The van der Waals surface area contributed by atoms with E-state index in [4.69, 9.17) is 0 Å². The summed E-state index contributed by atoms with van der Waals surface area (Å²) in [6.07, 6.45) is -21.1. The fraction of sp³-hybridized carbons (Fsp3) is 0.600. The van der Waals surface area contributed by atoms with Gasteiger partial charge in [-0.05, 0) is 49.9 Å². The molecule has 14 heteroatoms. The number of hydrogen-bond acceptors (Lipinski definition) is 3. The Bertz CT molecular complexity index is 888. The lowest BCUT2D eigenvalue weighted by Crippen LogP contribution is -2.56. The molecule has 2 aliphatic rings. The van der Waals surface area contributed by atoms with Crippen molar-refractivity contribution >= 4 is 12.0 Å². The zero-order chi connectivity index (χ0) is 25.5. The summed E-state index contributed by atoms with van der Waals surface area (Å²) in [7, 11) is 0. The van der Waals surface area contributed by atoms with Gasteiger partial charge < -0.3 is 14.5 Å². The molecule has 1 aromatic rings. The van der Waals surface area contributed by atoms with Crippen LogP contribution in [0.3, 0.4) is 0 Å². The Morgan fingerprint density at radius 3 is 1.82 bits per heavy atom. The molecule has 0 aromatic heterocycles. The average Bonchev–Trinajstić information content (AvgIpc) is 3.12. The Morgan fingerprint density at radius 2 is 1.35 bits per heavy atom. The average molecular weight is 506 g/mol. The Morgan fingerprint density at radius 1 is 0.824 bits per heavy atom. The van der Waals surface area contributed by atoms with Crippen molar-refractivity contribution in [2.45, 2.75) is 55.9 Å². The Labute approximate surface area is 187 Å². The number of carbonyl (C=O) groups is 2. The third-order valence-corrected chi connectivity index (χ3v) is 6.07. The molecule has 2 fully saturated rings. The first kappa shape index (κ1) is 25.9. The Hall–Kier alpha value is -2.67. The highest BCUT2D eigenvalue weighted by Gasteiger charge is 2.60. The largest absolute Gasteiger partial charge is 0.434 e. The van der Waals surface area contributed by atoms with E-state index in [2.05, 4.69) is 4.74 Å². The number of hydrogen-bond donors (Lipinski definition) is 0. The highest BCUT2D eigenvalue weighted by atomic mass is 19.4. The highest BCUT2D eigenvalue weighted by molar-refractivity contribution is 5.95. The number of piperidine rings is 1. The summed E-state index contributed by atoms with van der Waals surface area (Å²) in [5.41, 5.74) is -1.73. The summed E-state index contributed by atoms with van der Waals surface area (Å²) in [6, 6.07) is 3.62. The van der Waals surface area contributed by atoms with Gasteiger partial charge in [0.1, 0.15) is 0 Å². The number of nitrogens with zero attached hydrogens (tertiary/aromatic N) is 2. The number of carbonyl (C=O) groups excluding carboxylic acids is 2. The normalized spacial score (nSPS) is 19.1. The van der Waals surface area contributed by atoms with E-state index in [1.165, 1.54) is 4.90 Å². The fourth-order valence-electron chi connectivity index (χ4n) is 4.33. The minimum atomic E-state index is -5.83. The third-order valence-electron chi connectivity index (χ3n) is 6.07. The van der Waals surface area contributed by atoms with Crippen LogP contribution in [-0.2, 0) is 10.9 Å². The zero-order valence-electron chi connectivity index (χ0n) is 17.4. The molecule has 1 spiro atoms. The molecule has 0 atom stereocenters. The van der Waals surface area contributed by atoms with E-state index in [-0.39, 0.29) is 38.0 Å². The van der Waals surface area contributed by atoms with Crippen LogP contribution in [-0.4, -0.2) is 65.4 Å². The minimum absolute atomic E-state index is 0.00862. The smallest absolute Gasteiger partial charge is 0.426 e. The maximum absolute atomic E-state index is 13.0. The summed E-state index contributed by atoms with van der Waals surface area (Å²) in [4.78, 5) is 27.1. The second-order valence-corrected chi connectivity index (χ2v) is 8.19. The van der Waals surface area contributed by atoms with Crippen LogP contribution in [0, 0.1) is 0 Å². The molecule has 0 saturated carbocycles. The van der Waals surface area contributed by atoms with E-state index < -0.39 is 47.7 Å². The molecular weight excluding hydrogens is 487 g/mol. The van der Waals surface area contributed by atoms with E-state index in [1.807, 2.05) is 0 Å². The molecule has 2 amide bonds. The standard InChI is InChI=1S/C20H19F9N2O3/c21-18(22,23)13-4-2-12(3-5-13)14(32)31-9-1-6-17(31)7-10-30(11-8-17)16(33)34-15(19(24,25)26)20(27,28)29/h2-5,15H,1,6-11H2. The summed E-state index contributed by atoms with van der Waals surface area (Å²) in [5, 5.41) is 0. The molecule has 1 aromatic carbocycles. The van der Waals surface area contributed by atoms with Crippen molar-refractivity contribution in [3.63, 3.8) is 0 Å². The predicted molar refractivity (Wildman–Crippen MR) is 97.6 cm³/mol. The van der Waals surface area contributed by atoms with Crippen molar-refractivity contribution in [2.75, 3.05) is 19.6 Å². The second kappa shape index (κ2) is 8.84. The van der Waals surface area contributed by atoms with E-state index in [1.54, 1.807) is 0 Å². The van der Waals surface area contributed by atoms with Gasteiger partial charge in [-0.25, -0.2) is 4.79 Å². The number of rotatable bonds is 2. The molecule has 0 bridgehead atoms. The van der Waals surface area contributed by atoms with E-state index >= 15 is 0 Å². The number of likely N-dealkylation sites (tertiary alicyclic amines) is 2. The molecule has 34 heavy (non-hydrogen) atoms. The van der Waals surface area contributed by atoms with Gasteiger partial charge in [0.05, 0.1) is 5.56 Å². The van der Waals surface area contributed by atoms with Gasteiger partial charge in [-0.2, -0.15) is 39.5 Å². The molecule has 2 aliphatic heterocycles. The molecule has 0 N–H and O–H groups in total. The maximum atomic E-state index is 13.0. The number of alkyl halides is 9. The molecule has 190 valence electrons. The summed E-state index contributed by atoms with van der Waals surface area (Å²) in [5.74, 6) is -0.545. The van der Waals surface area contributed by atoms with E-state index in [0.717, 1.165) is 29.2 Å². The van der Waals surface area contributed by atoms with Gasteiger partial charge in [0.25, 0.3) is 12.0 Å². The summed E-state index contributed by atoms with van der Waals surface area (Å²) in [6.45, 7) is -0.232. The monoisotopic (exact) mass is 506 g/mol. The molecule has 0 aliphatic carbocycles. The molecule has 2 heterocycles. The van der Waals surface area contributed by atoms with Crippen LogP contribution >= 0.6 is 0 Å². The molecule has 3 rings (SSSR count). The first-order chi connectivity index (χ1) is 15.5. The Balaban J connectivity index is 1.67. The maximum Gasteiger partial charge on any atom is 0.434 e. The van der Waals surface area contributed by atoms with Crippen LogP contribution in [0.15, 0.2) is 24.3 Å². The van der Waals surface area contributed by atoms with Gasteiger partial charge in [0.2, 0.25) is 0 Å². The van der Waals surface area contributed by atoms with Crippen LogP contribution < -0.4 is 0 Å². The van der Waals surface area contributed by atoms with Crippen molar-refractivity contribution in [3.05, 3.63) is 35.4 Å². The van der Waals surface area contributed by atoms with Crippen molar-refractivity contribution in [3.8, 4) is 0 Å². The van der Waals surface area contributed by atoms with E-state index in [9.17, 15) is 49.1 Å². The quantitative estimate of drug-likeness (QED) is 0.505.